The number of rotatable bonds is 8. The molecule has 6 nitrogen and oxygen atoms in total. The number of piperazine rings is 1. The van der Waals surface area contributed by atoms with Crippen LogP contribution in [0.1, 0.15) is 18.4 Å². The molecule has 0 unspecified atom stereocenters. The van der Waals surface area contributed by atoms with Crippen molar-refractivity contribution in [2.24, 2.45) is 0 Å². The molecule has 0 aromatic heterocycles. The number of benzene rings is 2. The van der Waals surface area contributed by atoms with E-state index in [9.17, 15) is 4.79 Å². The standard InChI is InChI=1S/C25H31N3O3.2ClH/c1-30-24-11-5-3-9-22(24)28-16-14-27(15-17-28)13-7-6-12-26-25(29)21-18-20-8-2-4-10-23(20)31-19-21;;/h2-5,8-11,18H,6-7,12-17,19H2,1H3,(H,26,29);2*1H. The van der Waals surface area contributed by atoms with Crippen LogP contribution in [0.2, 0.25) is 0 Å². The molecular formula is C25H33Cl2N3O3. The van der Waals surface area contributed by atoms with Crippen molar-refractivity contribution >= 4 is 42.5 Å². The molecule has 8 heteroatoms. The van der Waals surface area contributed by atoms with Crippen LogP contribution in [0.4, 0.5) is 5.69 Å². The Morgan fingerprint density at radius 3 is 2.52 bits per heavy atom. The summed E-state index contributed by atoms with van der Waals surface area (Å²) in [4.78, 5) is 17.3. The van der Waals surface area contributed by atoms with Gasteiger partial charge < -0.3 is 19.7 Å². The largest absolute Gasteiger partial charge is 0.495 e. The number of carbonyl (C=O) groups excluding carboxylic acids is 1. The summed E-state index contributed by atoms with van der Waals surface area (Å²) in [6, 6.07) is 16.0. The zero-order chi connectivity index (χ0) is 21.5. The van der Waals surface area contributed by atoms with Crippen molar-refractivity contribution in [3.05, 3.63) is 59.7 Å². The predicted octanol–water partition coefficient (Wildman–Crippen LogP) is 4.03. The topological polar surface area (TPSA) is 54.0 Å². The van der Waals surface area contributed by atoms with Gasteiger partial charge in [0.1, 0.15) is 18.1 Å². The van der Waals surface area contributed by atoms with E-state index in [1.807, 2.05) is 42.5 Å². The summed E-state index contributed by atoms with van der Waals surface area (Å²) in [5, 5.41) is 3.03. The molecule has 0 radical (unpaired) electrons. The lowest BCUT2D eigenvalue weighted by Crippen LogP contribution is -2.46. The molecule has 1 fully saturated rings. The fourth-order valence-corrected chi connectivity index (χ4v) is 4.13. The lowest BCUT2D eigenvalue weighted by atomic mass is 10.1. The number of ether oxygens (including phenoxy) is 2. The molecule has 0 saturated carbocycles. The van der Waals surface area contributed by atoms with E-state index in [4.69, 9.17) is 9.47 Å². The van der Waals surface area contributed by atoms with Gasteiger partial charge in [0.15, 0.2) is 0 Å². The molecule has 2 aliphatic heterocycles. The number of methoxy groups -OCH3 is 1. The monoisotopic (exact) mass is 493 g/mol. The van der Waals surface area contributed by atoms with Crippen molar-refractivity contribution in [3.8, 4) is 11.5 Å². The molecule has 33 heavy (non-hydrogen) atoms. The van der Waals surface area contributed by atoms with E-state index in [0.717, 1.165) is 62.6 Å². The molecule has 2 aliphatic rings. The molecule has 2 aromatic rings. The number of nitrogens with one attached hydrogen (secondary N) is 1. The molecule has 0 aliphatic carbocycles. The fourth-order valence-electron chi connectivity index (χ4n) is 4.13. The Labute approximate surface area is 208 Å². The van der Waals surface area contributed by atoms with Crippen molar-refractivity contribution in [1.82, 2.24) is 10.2 Å². The van der Waals surface area contributed by atoms with Gasteiger partial charge in [0.25, 0.3) is 5.91 Å². The van der Waals surface area contributed by atoms with Crippen molar-refractivity contribution in [3.63, 3.8) is 0 Å². The van der Waals surface area contributed by atoms with Crippen LogP contribution in [-0.4, -0.2) is 63.8 Å². The van der Waals surface area contributed by atoms with Crippen LogP contribution in [0.5, 0.6) is 11.5 Å². The molecule has 1 N–H and O–H groups in total. The number of hydrogen-bond donors (Lipinski definition) is 1. The van der Waals surface area contributed by atoms with Gasteiger partial charge in [-0.3, -0.25) is 9.69 Å². The average Bonchev–Trinajstić information content (AvgIpc) is 2.83. The Bertz CT molecular complexity index is 931. The molecule has 1 amide bonds. The average molecular weight is 494 g/mol. The Hall–Kier alpha value is -2.41. The van der Waals surface area contributed by atoms with Crippen LogP contribution in [-0.2, 0) is 4.79 Å². The smallest absolute Gasteiger partial charge is 0.250 e. The highest BCUT2D eigenvalue weighted by Crippen LogP contribution is 2.28. The second kappa shape index (κ2) is 13.3. The van der Waals surface area contributed by atoms with Crippen LogP contribution >= 0.6 is 24.8 Å². The number of para-hydroxylation sites is 3. The lowest BCUT2D eigenvalue weighted by Gasteiger charge is -2.36. The Morgan fingerprint density at radius 2 is 1.73 bits per heavy atom. The van der Waals surface area contributed by atoms with Gasteiger partial charge in [0.05, 0.1) is 18.4 Å². The summed E-state index contributed by atoms with van der Waals surface area (Å²) >= 11 is 0. The van der Waals surface area contributed by atoms with Gasteiger partial charge in [0, 0.05) is 38.3 Å². The van der Waals surface area contributed by atoms with Gasteiger partial charge in [-0.15, -0.1) is 24.8 Å². The summed E-state index contributed by atoms with van der Waals surface area (Å²) in [5.74, 6) is 1.75. The number of anilines is 1. The highest BCUT2D eigenvalue weighted by Gasteiger charge is 2.19. The van der Waals surface area contributed by atoms with Gasteiger partial charge in [0.2, 0.25) is 0 Å². The second-order valence-corrected chi connectivity index (χ2v) is 7.96. The third-order valence-electron chi connectivity index (χ3n) is 5.91. The molecule has 2 heterocycles. The molecular weight excluding hydrogens is 461 g/mol. The number of nitrogens with zero attached hydrogens (tertiary/aromatic N) is 2. The number of fused-ring (bicyclic) bond motifs is 1. The van der Waals surface area contributed by atoms with Crippen LogP contribution in [0.25, 0.3) is 6.08 Å². The minimum absolute atomic E-state index is 0. The zero-order valence-corrected chi connectivity index (χ0v) is 20.6. The van der Waals surface area contributed by atoms with Gasteiger partial charge in [-0.05, 0) is 43.7 Å². The van der Waals surface area contributed by atoms with Crippen LogP contribution in [0, 0.1) is 0 Å². The van der Waals surface area contributed by atoms with Crippen LogP contribution in [0.3, 0.4) is 0 Å². The van der Waals surface area contributed by atoms with Crippen molar-refractivity contribution in [1.29, 1.82) is 0 Å². The Kier molecular flexibility index (Phi) is 10.8. The predicted molar refractivity (Wildman–Crippen MR) is 138 cm³/mol. The number of carbonyl (C=O) groups is 1. The summed E-state index contributed by atoms with van der Waals surface area (Å²) in [7, 11) is 1.73. The van der Waals surface area contributed by atoms with E-state index in [-0.39, 0.29) is 30.7 Å². The van der Waals surface area contributed by atoms with Gasteiger partial charge in [-0.25, -0.2) is 0 Å². The maximum absolute atomic E-state index is 12.4. The van der Waals surface area contributed by atoms with E-state index in [2.05, 4.69) is 27.2 Å². The first-order chi connectivity index (χ1) is 15.2. The molecule has 2 aromatic carbocycles. The summed E-state index contributed by atoms with van der Waals surface area (Å²) in [6.45, 7) is 6.20. The third kappa shape index (κ3) is 7.03. The minimum atomic E-state index is -0.0278. The van der Waals surface area contributed by atoms with Crippen molar-refractivity contribution in [2.75, 3.05) is 57.9 Å². The summed E-state index contributed by atoms with van der Waals surface area (Å²) in [6.07, 6.45) is 3.98. The number of amides is 1. The molecule has 0 spiro atoms. The first-order valence-corrected chi connectivity index (χ1v) is 11.1. The van der Waals surface area contributed by atoms with Crippen LogP contribution in [0.15, 0.2) is 54.1 Å². The van der Waals surface area contributed by atoms with Crippen LogP contribution < -0.4 is 19.7 Å². The maximum atomic E-state index is 12.4. The zero-order valence-electron chi connectivity index (χ0n) is 19.0. The number of hydrogen-bond acceptors (Lipinski definition) is 5. The van der Waals surface area contributed by atoms with E-state index < -0.39 is 0 Å². The van der Waals surface area contributed by atoms with E-state index in [0.29, 0.717) is 18.7 Å². The highest BCUT2D eigenvalue weighted by molar-refractivity contribution is 5.99. The number of halogens is 2. The molecule has 180 valence electrons. The summed E-state index contributed by atoms with van der Waals surface area (Å²) in [5.41, 5.74) is 2.83. The molecule has 4 rings (SSSR count). The lowest BCUT2D eigenvalue weighted by molar-refractivity contribution is -0.117. The summed E-state index contributed by atoms with van der Waals surface area (Å²) < 4.78 is 11.2. The minimum Gasteiger partial charge on any atom is -0.495 e. The quantitative estimate of drug-likeness (QED) is 0.562. The Morgan fingerprint density at radius 1 is 1.00 bits per heavy atom. The first kappa shape index (κ1) is 26.8. The van der Waals surface area contributed by atoms with Gasteiger partial charge in [-0.1, -0.05) is 30.3 Å². The van der Waals surface area contributed by atoms with E-state index in [1.165, 1.54) is 5.69 Å². The molecule has 0 bridgehead atoms. The van der Waals surface area contributed by atoms with Crippen molar-refractivity contribution in [2.45, 2.75) is 12.8 Å². The second-order valence-electron chi connectivity index (χ2n) is 7.96. The normalized spacial score (nSPS) is 15.2. The van der Waals surface area contributed by atoms with Crippen molar-refractivity contribution < 1.29 is 14.3 Å². The third-order valence-corrected chi connectivity index (χ3v) is 5.91. The molecule has 0 atom stereocenters. The highest BCUT2D eigenvalue weighted by atomic mass is 35.5. The first-order valence-electron chi connectivity index (χ1n) is 11.1. The Balaban J connectivity index is 0.00000193. The van der Waals surface area contributed by atoms with Gasteiger partial charge >= 0.3 is 0 Å². The maximum Gasteiger partial charge on any atom is 0.250 e. The fraction of sp³-hybridized carbons (Fsp3) is 0.400. The van der Waals surface area contributed by atoms with E-state index >= 15 is 0 Å². The SMILES string of the molecule is COc1ccccc1N1CCN(CCCCNC(=O)C2=Cc3ccccc3OC2)CC1.Cl.Cl. The number of unbranched alkanes of at least 4 members (excludes halogenated alkanes) is 1. The molecule has 1 saturated heterocycles. The van der Waals surface area contributed by atoms with Gasteiger partial charge in [-0.2, -0.15) is 0 Å². The van der Waals surface area contributed by atoms with E-state index in [1.54, 1.807) is 7.11 Å².